The predicted molar refractivity (Wildman–Crippen MR) is 63.6 cm³/mol. The van der Waals surface area contributed by atoms with E-state index < -0.39 is 0 Å². The summed E-state index contributed by atoms with van der Waals surface area (Å²) in [6.45, 7) is 0. The molecule has 2 aromatic rings. The van der Waals surface area contributed by atoms with Crippen molar-refractivity contribution in [1.29, 1.82) is 0 Å². The van der Waals surface area contributed by atoms with Gasteiger partial charge in [-0.2, -0.15) is 29.9 Å². The molecule has 12 nitrogen and oxygen atoms in total. The lowest BCUT2D eigenvalue weighted by Crippen LogP contribution is -2.30. The fraction of sp³-hybridized carbons (Fsp3) is 0. The maximum atomic E-state index is 5.70. The van der Waals surface area contributed by atoms with Crippen LogP contribution in [-0.4, -0.2) is 29.9 Å². The predicted octanol–water partition coefficient (Wildman–Crippen LogP) is -2.60. The summed E-state index contributed by atoms with van der Waals surface area (Å²) in [7, 11) is 0. The Morgan fingerprint density at radius 1 is 0.556 bits per heavy atom. The largest absolute Gasteiger partial charge is 0.368 e. The summed E-state index contributed by atoms with van der Waals surface area (Å²) in [5.41, 5.74) is 21.6. The number of aromatic nitrogens is 6. The highest BCUT2D eigenvalue weighted by molar-refractivity contribution is 5.51. The SMILES string of the molecule is Nc1nc(N)nc(N(N)c2nc(N)nc(N)n2)n1. The molecule has 12 heteroatoms. The number of nitrogens with zero attached hydrogens (tertiary/aromatic N) is 7. The van der Waals surface area contributed by atoms with E-state index in [9.17, 15) is 0 Å². The van der Waals surface area contributed by atoms with E-state index >= 15 is 0 Å². The van der Waals surface area contributed by atoms with Crippen molar-refractivity contribution >= 4 is 35.7 Å². The normalized spacial score (nSPS) is 10.3. The van der Waals surface area contributed by atoms with E-state index in [0.717, 1.165) is 5.01 Å². The molecule has 0 aliphatic carbocycles. The molecule has 10 N–H and O–H groups in total. The van der Waals surface area contributed by atoms with Crippen molar-refractivity contribution in [1.82, 2.24) is 29.9 Å². The maximum absolute atomic E-state index is 5.70. The van der Waals surface area contributed by atoms with E-state index in [4.69, 9.17) is 28.8 Å². The highest BCUT2D eigenvalue weighted by Crippen LogP contribution is 2.15. The monoisotopic (exact) mass is 250 g/mol. The molecule has 18 heavy (non-hydrogen) atoms. The molecule has 0 atom stereocenters. The summed E-state index contributed by atoms with van der Waals surface area (Å²) in [6.07, 6.45) is 0. The van der Waals surface area contributed by atoms with Gasteiger partial charge in [0, 0.05) is 0 Å². The number of rotatable bonds is 2. The lowest BCUT2D eigenvalue weighted by Gasteiger charge is -2.14. The third-order valence-electron chi connectivity index (χ3n) is 1.75. The fourth-order valence-corrected chi connectivity index (χ4v) is 1.10. The summed E-state index contributed by atoms with van der Waals surface area (Å²) in [5.74, 6) is 5.22. The number of hydrazine groups is 1. The third kappa shape index (κ3) is 2.22. The van der Waals surface area contributed by atoms with E-state index in [1.54, 1.807) is 0 Å². The molecule has 2 heterocycles. The molecule has 0 unspecified atom stereocenters. The van der Waals surface area contributed by atoms with Gasteiger partial charge < -0.3 is 22.9 Å². The Hall–Kier alpha value is -3.02. The second-order valence-corrected chi connectivity index (χ2v) is 3.07. The van der Waals surface area contributed by atoms with Gasteiger partial charge in [0.1, 0.15) is 0 Å². The highest BCUT2D eigenvalue weighted by atomic mass is 15.5. The molecule has 0 aliphatic rings. The molecule has 0 bridgehead atoms. The summed E-state index contributed by atoms with van der Waals surface area (Å²) in [5, 5.41) is 0.906. The van der Waals surface area contributed by atoms with E-state index in [-0.39, 0.29) is 35.7 Å². The van der Waals surface area contributed by atoms with Gasteiger partial charge in [0.05, 0.1) is 0 Å². The third-order valence-corrected chi connectivity index (χ3v) is 1.75. The van der Waals surface area contributed by atoms with Gasteiger partial charge in [0.25, 0.3) is 11.9 Å². The van der Waals surface area contributed by atoms with Crippen LogP contribution in [0.3, 0.4) is 0 Å². The average Bonchev–Trinajstić information content (AvgIpc) is 2.25. The smallest absolute Gasteiger partial charge is 0.253 e. The Morgan fingerprint density at radius 3 is 1.11 bits per heavy atom. The van der Waals surface area contributed by atoms with Gasteiger partial charge in [0.15, 0.2) is 0 Å². The minimum atomic E-state index is -0.0945. The van der Waals surface area contributed by atoms with Gasteiger partial charge in [-0.05, 0) is 0 Å². The first-order valence-corrected chi connectivity index (χ1v) is 4.54. The van der Waals surface area contributed by atoms with Crippen LogP contribution in [0.25, 0.3) is 0 Å². The first kappa shape index (κ1) is 11.5. The highest BCUT2D eigenvalue weighted by Gasteiger charge is 2.14. The lowest BCUT2D eigenvalue weighted by atomic mass is 10.7. The maximum Gasteiger partial charge on any atom is 0.253 e. The minimum absolute atomic E-state index is 0.0509. The zero-order valence-electron chi connectivity index (χ0n) is 9.02. The lowest BCUT2D eigenvalue weighted by molar-refractivity contribution is 0.899. The summed E-state index contributed by atoms with van der Waals surface area (Å²) < 4.78 is 0. The van der Waals surface area contributed by atoms with Crippen molar-refractivity contribution in [3.8, 4) is 0 Å². The van der Waals surface area contributed by atoms with Crippen LogP contribution in [0.1, 0.15) is 0 Å². The van der Waals surface area contributed by atoms with Gasteiger partial charge in [-0.25, -0.2) is 10.9 Å². The van der Waals surface area contributed by atoms with Crippen LogP contribution in [0.15, 0.2) is 0 Å². The Kier molecular flexibility index (Phi) is 2.61. The van der Waals surface area contributed by atoms with Crippen LogP contribution >= 0.6 is 0 Å². The van der Waals surface area contributed by atoms with Gasteiger partial charge in [-0.15, -0.1) is 0 Å². The number of anilines is 6. The second-order valence-electron chi connectivity index (χ2n) is 3.07. The van der Waals surface area contributed by atoms with E-state index in [2.05, 4.69) is 29.9 Å². The summed E-state index contributed by atoms with van der Waals surface area (Å²) in [6, 6.07) is 0. The van der Waals surface area contributed by atoms with Crippen LogP contribution < -0.4 is 33.8 Å². The van der Waals surface area contributed by atoms with Crippen molar-refractivity contribution in [2.45, 2.75) is 0 Å². The molecule has 0 spiro atoms. The Balaban J connectivity index is 2.43. The number of nitrogen functional groups attached to an aromatic ring is 4. The van der Waals surface area contributed by atoms with Crippen LogP contribution in [0, 0.1) is 0 Å². The molecule has 0 fully saturated rings. The Morgan fingerprint density at radius 2 is 0.833 bits per heavy atom. The molecule has 0 saturated heterocycles. The van der Waals surface area contributed by atoms with Crippen molar-refractivity contribution in [2.75, 3.05) is 27.9 Å². The number of nitrogens with two attached hydrogens (primary N) is 5. The average molecular weight is 250 g/mol. The van der Waals surface area contributed by atoms with E-state index in [0.29, 0.717) is 0 Å². The molecule has 0 aliphatic heterocycles. The standard InChI is InChI=1S/C6H10N12/c7-1-12-2(8)15-5(14-1)18(11)6-16-3(9)13-4(10)17-6/h11H2,(H4,7,8,12,14,15)(H4,9,10,13,16,17). The molecule has 2 aromatic heterocycles. The first-order chi connectivity index (χ1) is 8.45. The van der Waals surface area contributed by atoms with Crippen LogP contribution in [-0.2, 0) is 0 Å². The van der Waals surface area contributed by atoms with Gasteiger partial charge in [-0.3, -0.25) is 0 Å². The summed E-state index contributed by atoms with van der Waals surface area (Å²) >= 11 is 0. The van der Waals surface area contributed by atoms with E-state index in [1.165, 1.54) is 0 Å². The zero-order chi connectivity index (χ0) is 13.3. The van der Waals surface area contributed by atoms with Crippen LogP contribution in [0.4, 0.5) is 35.7 Å². The van der Waals surface area contributed by atoms with Crippen LogP contribution in [0.5, 0.6) is 0 Å². The molecular formula is C6H10N12. The van der Waals surface area contributed by atoms with E-state index in [1.807, 2.05) is 0 Å². The Labute approximate surface area is 100 Å². The van der Waals surface area contributed by atoms with Crippen molar-refractivity contribution in [3.05, 3.63) is 0 Å². The minimum Gasteiger partial charge on any atom is -0.368 e. The van der Waals surface area contributed by atoms with Crippen molar-refractivity contribution in [2.24, 2.45) is 5.84 Å². The number of hydrogen-bond donors (Lipinski definition) is 5. The molecule has 2 rings (SSSR count). The topological polar surface area (TPSA) is 211 Å². The zero-order valence-corrected chi connectivity index (χ0v) is 9.02. The molecule has 94 valence electrons. The second kappa shape index (κ2) is 4.10. The van der Waals surface area contributed by atoms with Gasteiger partial charge >= 0.3 is 0 Å². The molecule has 0 aromatic carbocycles. The summed E-state index contributed by atoms with van der Waals surface area (Å²) in [4.78, 5) is 22.2. The quantitative estimate of drug-likeness (QED) is 0.274. The van der Waals surface area contributed by atoms with Crippen molar-refractivity contribution < 1.29 is 0 Å². The Bertz CT molecular complexity index is 489. The molecule has 0 amide bonds. The molecule has 0 saturated carbocycles. The molecular weight excluding hydrogens is 240 g/mol. The van der Waals surface area contributed by atoms with Gasteiger partial charge in [0.2, 0.25) is 23.8 Å². The fourth-order valence-electron chi connectivity index (χ4n) is 1.10. The molecule has 0 radical (unpaired) electrons. The number of hydrogen-bond acceptors (Lipinski definition) is 12. The first-order valence-electron chi connectivity index (χ1n) is 4.54. The van der Waals surface area contributed by atoms with Crippen molar-refractivity contribution in [3.63, 3.8) is 0 Å². The van der Waals surface area contributed by atoms with Gasteiger partial charge in [-0.1, -0.05) is 0 Å². The van der Waals surface area contributed by atoms with Crippen LogP contribution in [0.2, 0.25) is 0 Å².